The van der Waals surface area contributed by atoms with Crippen LogP contribution in [0.2, 0.25) is 0 Å². The van der Waals surface area contributed by atoms with Crippen molar-refractivity contribution in [1.29, 1.82) is 0 Å². The van der Waals surface area contributed by atoms with Crippen LogP contribution in [0.15, 0.2) is 63.4 Å². The molecule has 158 valence electrons. The van der Waals surface area contributed by atoms with Gasteiger partial charge in [-0.1, -0.05) is 59.8 Å². The van der Waals surface area contributed by atoms with Gasteiger partial charge in [-0.2, -0.15) is 9.36 Å². The van der Waals surface area contributed by atoms with E-state index in [1.54, 1.807) is 17.8 Å². The number of aryl methyl sites for hydroxylation is 3. The number of carbonyl (C=O) groups excluding carboxylic acids is 1. The van der Waals surface area contributed by atoms with Gasteiger partial charge in [0.1, 0.15) is 5.76 Å². The summed E-state index contributed by atoms with van der Waals surface area (Å²) in [6.45, 7) is 6.30. The number of hydrogen-bond acceptors (Lipinski definition) is 6. The summed E-state index contributed by atoms with van der Waals surface area (Å²) in [6, 6.07) is 18.1. The van der Waals surface area contributed by atoms with Gasteiger partial charge in [0.25, 0.3) is 5.91 Å². The number of thioether (sulfide) groups is 1. The highest BCUT2D eigenvalue weighted by molar-refractivity contribution is 8.00. The lowest BCUT2D eigenvalue weighted by Crippen LogP contribution is -2.11. The molecule has 0 fully saturated rings. The van der Waals surface area contributed by atoms with Gasteiger partial charge in [0.05, 0.1) is 0 Å². The number of carbonyl (C=O) groups is 1. The lowest BCUT2D eigenvalue weighted by molar-refractivity contribution is 0.0994. The lowest BCUT2D eigenvalue weighted by Gasteiger charge is -2.09. The molecule has 0 radical (unpaired) electrons. The molecule has 5 nitrogen and oxygen atoms in total. The van der Waals surface area contributed by atoms with Gasteiger partial charge in [-0.05, 0) is 66.7 Å². The van der Waals surface area contributed by atoms with E-state index in [0.29, 0.717) is 12.4 Å². The highest BCUT2D eigenvalue weighted by Crippen LogP contribution is 2.26. The minimum absolute atomic E-state index is 0.255. The van der Waals surface area contributed by atoms with Crippen molar-refractivity contribution in [2.75, 3.05) is 5.32 Å². The molecule has 4 aromatic rings. The quantitative estimate of drug-likeness (QED) is 0.341. The van der Waals surface area contributed by atoms with Gasteiger partial charge in [0.2, 0.25) is 5.95 Å². The molecule has 0 saturated heterocycles. The maximum Gasteiger partial charge on any atom is 0.293 e. The highest BCUT2D eigenvalue weighted by Gasteiger charge is 2.16. The fourth-order valence-electron chi connectivity index (χ4n) is 3.46. The Bertz CT molecular complexity index is 1180. The fourth-order valence-corrected chi connectivity index (χ4v) is 4.97. The van der Waals surface area contributed by atoms with E-state index < -0.39 is 0 Å². The van der Waals surface area contributed by atoms with E-state index in [0.717, 1.165) is 15.9 Å². The Morgan fingerprint density at radius 1 is 1.06 bits per heavy atom. The van der Waals surface area contributed by atoms with Gasteiger partial charge in [0, 0.05) is 12.2 Å². The first kappa shape index (κ1) is 21.3. The molecule has 31 heavy (non-hydrogen) atoms. The summed E-state index contributed by atoms with van der Waals surface area (Å²) in [5, 5.41) is 2.73. The number of furan rings is 1. The molecule has 2 heterocycles. The molecule has 0 spiro atoms. The van der Waals surface area contributed by atoms with Crippen molar-refractivity contribution in [3.8, 4) is 0 Å². The molecule has 0 atom stereocenters. The highest BCUT2D eigenvalue weighted by atomic mass is 32.2. The van der Waals surface area contributed by atoms with Crippen molar-refractivity contribution in [1.82, 2.24) is 9.36 Å². The van der Waals surface area contributed by atoms with Crippen LogP contribution in [0.5, 0.6) is 0 Å². The van der Waals surface area contributed by atoms with Crippen LogP contribution in [0.3, 0.4) is 0 Å². The second-order valence-electron chi connectivity index (χ2n) is 7.43. The van der Waals surface area contributed by atoms with E-state index in [-0.39, 0.29) is 11.7 Å². The number of nitrogens with zero attached hydrogens (tertiary/aromatic N) is 2. The molecule has 2 aromatic carbocycles. The van der Waals surface area contributed by atoms with E-state index in [2.05, 4.69) is 59.7 Å². The van der Waals surface area contributed by atoms with Gasteiger partial charge >= 0.3 is 0 Å². The summed E-state index contributed by atoms with van der Waals surface area (Å²) < 4.78 is 10.9. The Morgan fingerprint density at radius 2 is 1.81 bits per heavy atom. The van der Waals surface area contributed by atoms with Crippen LogP contribution in [0.4, 0.5) is 5.95 Å². The molecule has 0 bridgehead atoms. The van der Waals surface area contributed by atoms with Crippen LogP contribution in [-0.2, 0) is 12.2 Å². The number of amides is 1. The van der Waals surface area contributed by atoms with Crippen LogP contribution >= 0.6 is 23.3 Å². The Kier molecular flexibility index (Phi) is 6.53. The van der Waals surface area contributed by atoms with Gasteiger partial charge in [-0.15, -0.1) is 0 Å². The van der Waals surface area contributed by atoms with Crippen molar-refractivity contribution in [3.05, 3.63) is 93.9 Å². The Hall–Kier alpha value is -2.90. The molecule has 0 aliphatic carbocycles. The Labute approximate surface area is 190 Å². The number of hydrogen-bond donors (Lipinski definition) is 1. The number of benzene rings is 2. The van der Waals surface area contributed by atoms with Crippen LogP contribution in [-0.4, -0.2) is 15.3 Å². The summed E-state index contributed by atoms with van der Waals surface area (Å²) in [5.74, 6) is 1.77. The number of rotatable bonds is 7. The molecule has 1 amide bonds. The zero-order chi connectivity index (χ0) is 21.8. The summed E-state index contributed by atoms with van der Waals surface area (Å²) in [4.78, 5) is 17.0. The largest absolute Gasteiger partial charge is 0.456 e. The normalized spacial score (nSPS) is 10.9. The first-order valence-corrected chi connectivity index (χ1v) is 11.7. The second kappa shape index (κ2) is 9.49. The molecule has 0 saturated carbocycles. The van der Waals surface area contributed by atoms with Gasteiger partial charge in [0.15, 0.2) is 10.1 Å². The minimum atomic E-state index is -0.346. The molecule has 1 N–H and O–H groups in total. The van der Waals surface area contributed by atoms with Gasteiger partial charge in [-0.25, -0.2) is 0 Å². The van der Waals surface area contributed by atoms with E-state index in [1.165, 1.54) is 39.3 Å². The van der Waals surface area contributed by atoms with Crippen molar-refractivity contribution in [2.24, 2.45) is 0 Å². The predicted molar refractivity (Wildman–Crippen MR) is 126 cm³/mol. The molecule has 7 heteroatoms. The molecular formula is C24H23N3O2S2. The minimum Gasteiger partial charge on any atom is -0.456 e. The molecule has 0 unspecified atom stereocenters. The third-order valence-corrected chi connectivity index (χ3v) is 6.82. The molecule has 0 aliphatic heterocycles. The number of anilines is 1. The summed E-state index contributed by atoms with van der Waals surface area (Å²) in [6.07, 6.45) is 0.653. The fraction of sp³-hybridized carbons (Fsp3) is 0.208. The van der Waals surface area contributed by atoms with E-state index >= 15 is 0 Å². The maximum atomic E-state index is 12.6. The van der Waals surface area contributed by atoms with Crippen LogP contribution < -0.4 is 5.32 Å². The molecule has 2 aromatic heterocycles. The molecule has 4 rings (SSSR count). The zero-order valence-electron chi connectivity index (χ0n) is 17.6. The monoisotopic (exact) mass is 449 g/mol. The Balaban J connectivity index is 1.37. The van der Waals surface area contributed by atoms with Gasteiger partial charge in [-0.3, -0.25) is 10.1 Å². The third kappa shape index (κ3) is 5.42. The van der Waals surface area contributed by atoms with Crippen LogP contribution in [0.25, 0.3) is 0 Å². The first-order chi connectivity index (χ1) is 15.0. The SMILES string of the molecule is Cc1cc(C)c(Cc2ccc(C(=O)Nc3nsc(SCc4ccccc4)n3)o2)c(C)c1. The van der Waals surface area contributed by atoms with Crippen LogP contribution in [0.1, 0.15) is 44.1 Å². The topological polar surface area (TPSA) is 68.0 Å². The summed E-state index contributed by atoms with van der Waals surface area (Å²) in [5.41, 5.74) is 6.15. The number of nitrogens with one attached hydrogen (secondary N) is 1. The molecular weight excluding hydrogens is 426 g/mol. The van der Waals surface area contributed by atoms with Crippen molar-refractivity contribution < 1.29 is 9.21 Å². The van der Waals surface area contributed by atoms with Crippen LogP contribution in [0, 0.1) is 20.8 Å². The average Bonchev–Trinajstić information content (AvgIpc) is 3.39. The van der Waals surface area contributed by atoms with Crippen molar-refractivity contribution in [3.63, 3.8) is 0 Å². The van der Waals surface area contributed by atoms with E-state index in [1.807, 2.05) is 24.3 Å². The molecule has 0 aliphatic rings. The predicted octanol–water partition coefficient (Wildman–Crippen LogP) is 6.19. The summed E-state index contributed by atoms with van der Waals surface area (Å²) in [7, 11) is 0. The van der Waals surface area contributed by atoms with Crippen molar-refractivity contribution >= 4 is 35.1 Å². The third-order valence-electron chi connectivity index (χ3n) is 4.91. The second-order valence-corrected chi connectivity index (χ2v) is 9.41. The number of aromatic nitrogens is 2. The average molecular weight is 450 g/mol. The first-order valence-electron chi connectivity index (χ1n) is 9.95. The summed E-state index contributed by atoms with van der Waals surface area (Å²) >= 11 is 2.87. The zero-order valence-corrected chi connectivity index (χ0v) is 19.3. The standard InChI is InChI=1S/C24H23N3O2S2/c1-15-11-16(2)20(17(3)12-15)13-19-9-10-21(29-19)22(28)25-23-26-24(31-27-23)30-14-18-7-5-4-6-8-18/h4-12H,13-14H2,1-3H3,(H,25,27,28). The van der Waals surface area contributed by atoms with Crippen molar-refractivity contribution in [2.45, 2.75) is 37.3 Å². The van der Waals surface area contributed by atoms with Gasteiger partial charge < -0.3 is 4.42 Å². The Morgan fingerprint density at radius 3 is 2.55 bits per heavy atom. The maximum absolute atomic E-state index is 12.6. The smallest absolute Gasteiger partial charge is 0.293 e. The van der Waals surface area contributed by atoms with E-state index in [9.17, 15) is 4.79 Å². The van der Waals surface area contributed by atoms with E-state index in [4.69, 9.17) is 4.42 Å². The lowest BCUT2D eigenvalue weighted by atomic mass is 9.97.